The molecule has 3 nitrogen and oxygen atoms in total. The van der Waals surface area contributed by atoms with E-state index < -0.39 is 11.6 Å². The minimum atomic E-state index is -0.863. The van der Waals surface area contributed by atoms with Crippen molar-refractivity contribution in [1.29, 1.82) is 0 Å². The van der Waals surface area contributed by atoms with Crippen molar-refractivity contribution in [3.63, 3.8) is 0 Å². The van der Waals surface area contributed by atoms with Gasteiger partial charge in [-0.25, -0.2) is 8.78 Å². The molecule has 0 spiro atoms. The van der Waals surface area contributed by atoms with Gasteiger partial charge in [-0.1, -0.05) is 32.6 Å². The quantitative estimate of drug-likeness (QED) is 0.749. The summed E-state index contributed by atoms with van der Waals surface area (Å²) in [7, 11) is 0. The lowest BCUT2D eigenvalue weighted by Gasteiger charge is -2.07. The van der Waals surface area contributed by atoms with Gasteiger partial charge in [-0.2, -0.15) is 4.98 Å². The fourth-order valence-corrected chi connectivity index (χ4v) is 1.44. The van der Waals surface area contributed by atoms with Crippen LogP contribution in [0, 0.1) is 11.6 Å². The molecule has 0 aliphatic heterocycles. The summed E-state index contributed by atoms with van der Waals surface area (Å²) in [4.78, 5) is 3.51. The van der Waals surface area contributed by atoms with Crippen LogP contribution in [0.4, 0.5) is 14.6 Å². The van der Waals surface area contributed by atoms with Crippen molar-refractivity contribution in [1.82, 2.24) is 4.98 Å². The first-order valence-corrected chi connectivity index (χ1v) is 5.89. The number of hydrogen-bond acceptors (Lipinski definition) is 3. The first-order valence-electron chi connectivity index (χ1n) is 5.89. The number of nitrogen functional groups attached to an aromatic ring is 1. The maximum Gasteiger partial charge on any atom is 0.252 e. The minimum Gasteiger partial charge on any atom is -0.476 e. The number of halogens is 2. The highest BCUT2D eigenvalue weighted by molar-refractivity contribution is 5.34. The van der Waals surface area contributed by atoms with E-state index in [1.807, 2.05) is 0 Å². The molecule has 0 radical (unpaired) electrons. The first kappa shape index (κ1) is 13.7. The van der Waals surface area contributed by atoms with E-state index in [1.54, 1.807) is 0 Å². The summed E-state index contributed by atoms with van der Waals surface area (Å²) < 4.78 is 31.1. The lowest BCUT2D eigenvalue weighted by molar-refractivity contribution is 0.277. The number of nitrogens with zero attached hydrogens (tertiary/aromatic N) is 1. The molecule has 1 aromatic heterocycles. The third-order valence-electron chi connectivity index (χ3n) is 2.41. The summed E-state index contributed by atoms with van der Waals surface area (Å²) in [6.45, 7) is 2.51. The van der Waals surface area contributed by atoms with Crippen LogP contribution in [0.25, 0.3) is 0 Å². The number of aromatic nitrogens is 1. The van der Waals surface area contributed by atoms with Crippen molar-refractivity contribution in [3.05, 3.63) is 17.7 Å². The lowest BCUT2D eigenvalue weighted by atomic mass is 10.2. The Labute approximate surface area is 100.0 Å². The average Bonchev–Trinajstić information content (AvgIpc) is 2.30. The van der Waals surface area contributed by atoms with Crippen LogP contribution in [-0.2, 0) is 0 Å². The van der Waals surface area contributed by atoms with E-state index in [9.17, 15) is 8.78 Å². The molecule has 0 saturated carbocycles. The van der Waals surface area contributed by atoms with Crippen LogP contribution < -0.4 is 10.5 Å². The van der Waals surface area contributed by atoms with Gasteiger partial charge in [0.2, 0.25) is 0 Å². The number of nitrogens with two attached hydrogens (primary N) is 1. The van der Waals surface area contributed by atoms with E-state index in [-0.39, 0.29) is 11.7 Å². The molecular formula is C12H18F2N2O. The molecule has 1 aromatic rings. The predicted octanol–water partition coefficient (Wildman–Crippen LogP) is 3.29. The third-order valence-corrected chi connectivity index (χ3v) is 2.41. The lowest BCUT2D eigenvalue weighted by Crippen LogP contribution is -2.05. The van der Waals surface area contributed by atoms with Crippen LogP contribution in [0.2, 0.25) is 0 Å². The van der Waals surface area contributed by atoms with Crippen LogP contribution in [0.3, 0.4) is 0 Å². The number of anilines is 1. The molecule has 1 heterocycles. The zero-order valence-electron chi connectivity index (χ0n) is 10.0. The maximum absolute atomic E-state index is 13.2. The summed E-state index contributed by atoms with van der Waals surface area (Å²) >= 11 is 0. The monoisotopic (exact) mass is 244 g/mol. The fourth-order valence-electron chi connectivity index (χ4n) is 1.44. The van der Waals surface area contributed by atoms with Gasteiger partial charge in [0.1, 0.15) is 0 Å². The highest BCUT2D eigenvalue weighted by atomic mass is 19.1. The van der Waals surface area contributed by atoms with E-state index in [0.717, 1.165) is 19.3 Å². The number of ether oxygens (including phenoxy) is 1. The van der Waals surface area contributed by atoms with Crippen molar-refractivity contribution < 1.29 is 13.5 Å². The van der Waals surface area contributed by atoms with Crippen molar-refractivity contribution in [3.8, 4) is 5.88 Å². The number of hydrogen-bond donors (Lipinski definition) is 1. The smallest absolute Gasteiger partial charge is 0.252 e. The standard InChI is InChI=1S/C12H18F2N2O/c1-2-3-4-5-6-7-17-12-10(14)8-9(13)11(15)16-12/h8H,2-7H2,1H3,(H2,15,16). The van der Waals surface area contributed by atoms with E-state index in [1.165, 1.54) is 12.8 Å². The van der Waals surface area contributed by atoms with E-state index in [0.29, 0.717) is 12.7 Å². The summed E-state index contributed by atoms with van der Waals surface area (Å²) in [6, 6.07) is 0.689. The Hall–Kier alpha value is -1.39. The molecule has 0 saturated heterocycles. The molecule has 0 aliphatic rings. The van der Waals surface area contributed by atoms with Crippen LogP contribution in [-0.4, -0.2) is 11.6 Å². The van der Waals surface area contributed by atoms with Crippen molar-refractivity contribution >= 4 is 5.82 Å². The Kier molecular flexibility index (Phi) is 5.66. The second-order valence-electron chi connectivity index (χ2n) is 3.91. The van der Waals surface area contributed by atoms with Crippen LogP contribution in [0.5, 0.6) is 5.88 Å². The van der Waals surface area contributed by atoms with E-state index in [2.05, 4.69) is 11.9 Å². The van der Waals surface area contributed by atoms with Gasteiger partial charge in [-0.05, 0) is 6.42 Å². The molecule has 0 amide bonds. The zero-order valence-corrected chi connectivity index (χ0v) is 10.0. The SMILES string of the molecule is CCCCCCCOc1nc(N)c(F)cc1F. The highest BCUT2D eigenvalue weighted by Gasteiger charge is 2.10. The Morgan fingerprint density at radius 3 is 2.59 bits per heavy atom. The van der Waals surface area contributed by atoms with Crippen LogP contribution in [0.15, 0.2) is 6.07 Å². The minimum absolute atomic E-state index is 0.223. The Balaban J connectivity index is 2.34. The highest BCUT2D eigenvalue weighted by Crippen LogP contribution is 2.18. The molecular weight excluding hydrogens is 226 g/mol. The molecule has 0 bridgehead atoms. The third kappa shape index (κ3) is 4.54. The average molecular weight is 244 g/mol. The molecule has 17 heavy (non-hydrogen) atoms. The predicted molar refractivity (Wildman–Crippen MR) is 62.8 cm³/mol. The van der Waals surface area contributed by atoms with Crippen molar-refractivity contribution in [2.75, 3.05) is 12.3 Å². The normalized spacial score (nSPS) is 10.5. The number of pyridine rings is 1. The molecule has 0 aromatic carbocycles. The largest absolute Gasteiger partial charge is 0.476 e. The summed E-state index contributed by atoms with van der Waals surface area (Å²) in [5.41, 5.74) is 5.23. The van der Waals surface area contributed by atoms with E-state index >= 15 is 0 Å². The molecule has 0 atom stereocenters. The second kappa shape index (κ2) is 7.04. The molecule has 0 fully saturated rings. The van der Waals surface area contributed by atoms with Crippen LogP contribution in [0.1, 0.15) is 39.0 Å². The number of unbranched alkanes of at least 4 members (excludes halogenated alkanes) is 4. The topological polar surface area (TPSA) is 48.1 Å². The van der Waals surface area contributed by atoms with Gasteiger partial charge in [-0.15, -0.1) is 0 Å². The van der Waals surface area contributed by atoms with Gasteiger partial charge in [0.25, 0.3) is 5.88 Å². The van der Waals surface area contributed by atoms with Gasteiger partial charge in [0, 0.05) is 6.07 Å². The fraction of sp³-hybridized carbons (Fsp3) is 0.583. The van der Waals surface area contributed by atoms with Gasteiger partial charge in [0.15, 0.2) is 17.5 Å². The Morgan fingerprint density at radius 1 is 1.18 bits per heavy atom. The van der Waals surface area contributed by atoms with Crippen LogP contribution >= 0.6 is 0 Å². The molecule has 1 rings (SSSR count). The summed E-state index contributed by atoms with van der Waals surface area (Å²) in [5.74, 6) is -2.24. The van der Waals surface area contributed by atoms with Crippen molar-refractivity contribution in [2.45, 2.75) is 39.0 Å². The Bertz CT molecular complexity index is 359. The first-order chi connectivity index (χ1) is 8.15. The molecule has 96 valence electrons. The molecule has 5 heteroatoms. The molecule has 0 unspecified atom stereocenters. The maximum atomic E-state index is 13.2. The second-order valence-corrected chi connectivity index (χ2v) is 3.91. The Morgan fingerprint density at radius 2 is 1.88 bits per heavy atom. The molecule has 2 N–H and O–H groups in total. The zero-order chi connectivity index (χ0) is 12.7. The number of rotatable bonds is 7. The van der Waals surface area contributed by atoms with Gasteiger partial charge >= 0.3 is 0 Å². The van der Waals surface area contributed by atoms with Gasteiger partial charge < -0.3 is 10.5 Å². The molecule has 0 aliphatic carbocycles. The summed E-state index contributed by atoms with van der Waals surface area (Å²) in [5, 5.41) is 0. The van der Waals surface area contributed by atoms with Gasteiger partial charge in [-0.3, -0.25) is 0 Å². The van der Waals surface area contributed by atoms with Gasteiger partial charge in [0.05, 0.1) is 6.61 Å². The summed E-state index contributed by atoms with van der Waals surface area (Å²) in [6.07, 6.45) is 5.37. The van der Waals surface area contributed by atoms with E-state index in [4.69, 9.17) is 10.5 Å². The van der Waals surface area contributed by atoms with Crippen molar-refractivity contribution in [2.24, 2.45) is 0 Å².